The first kappa shape index (κ1) is 22.1. The van der Waals surface area contributed by atoms with E-state index in [0.717, 1.165) is 0 Å². The normalized spacial score (nSPS) is 12.2. The molecule has 0 heterocycles. The van der Waals surface area contributed by atoms with Crippen LogP contribution in [0.15, 0.2) is 0 Å². The summed E-state index contributed by atoms with van der Waals surface area (Å²) in [4.78, 5) is 41.1. The summed E-state index contributed by atoms with van der Waals surface area (Å²) in [6, 6.07) is -2.24. The van der Waals surface area contributed by atoms with Gasteiger partial charge in [-0.1, -0.05) is 13.8 Å². The molecule has 0 spiro atoms. The van der Waals surface area contributed by atoms with Crippen LogP contribution in [0.2, 0.25) is 0 Å². The van der Waals surface area contributed by atoms with Crippen molar-refractivity contribution in [3.63, 3.8) is 0 Å². The van der Waals surface area contributed by atoms with Crippen LogP contribution >= 0.6 is 0 Å². The number of carboxylic acid groups (broad SMARTS) is 2. The minimum atomic E-state index is -1.17. The molecule has 0 aromatic rings. The summed E-state index contributed by atoms with van der Waals surface area (Å²) in [5.74, 6) is -3.23. The molecule has 0 aliphatic carbocycles. The van der Waals surface area contributed by atoms with Crippen molar-refractivity contribution in [2.45, 2.75) is 38.8 Å². The van der Waals surface area contributed by atoms with E-state index in [1.807, 2.05) is 0 Å². The monoisotopic (exact) mass is 322 g/mol. The van der Waals surface area contributed by atoms with E-state index in [-0.39, 0.29) is 26.1 Å². The van der Waals surface area contributed by atoms with Gasteiger partial charge in [0.1, 0.15) is 25.3 Å². The van der Waals surface area contributed by atoms with Crippen LogP contribution in [-0.4, -0.2) is 59.4 Å². The van der Waals surface area contributed by atoms with Gasteiger partial charge in [-0.25, -0.2) is 0 Å². The quantitative estimate of drug-likeness (QED) is 0.392. The number of nitrogens with two attached hydrogens (primary N) is 2. The molecule has 0 bridgehead atoms. The molecule has 0 saturated heterocycles. The van der Waals surface area contributed by atoms with E-state index in [1.165, 1.54) is 0 Å². The molecule has 0 fully saturated rings. The number of carboxylic acids is 2. The summed E-state index contributed by atoms with van der Waals surface area (Å²) < 4.78 is 8.94. The number of carbonyl (C=O) groups excluding carboxylic acids is 2. The Hall–Kier alpha value is -2.20. The molecule has 0 saturated carbocycles. The van der Waals surface area contributed by atoms with Crippen molar-refractivity contribution in [2.75, 3.05) is 13.2 Å². The Bertz CT molecular complexity index is 349. The molecule has 0 radical (unpaired) electrons. The van der Waals surface area contributed by atoms with Gasteiger partial charge in [0, 0.05) is 12.8 Å². The lowest BCUT2D eigenvalue weighted by molar-refractivity contribution is -0.149. The van der Waals surface area contributed by atoms with E-state index in [2.05, 4.69) is 9.47 Å². The van der Waals surface area contributed by atoms with Crippen molar-refractivity contribution >= 4 is 23.9 Å². The Morgan fingerprint density at radius 1 is 0.818 bits per heavy atom. The van der Waals surface area contributed by atoms with Crippen LogP contribution in [0, 0.1) is 0 Å². The highest BCUT2D eigenvalue weighted by molar-refractivity contribution is 5.75. The minimum absolute atomic E-state index is 0.229. The van der Waals surface area contributed by atoms with E-state index < -0.39 is 36.0 Å². The maximum absolute atomic E-state index is 10.5. The van der Waals surface area contributed by atoms with Crippen molar-refractivity contribution in [2.24, 2.45) is 11.5 Å². The van der Waals surface area contributed by atoms with Gasteiger partial charge in [-0.15, -0.1) is 0 Å². The molecule has 128 valence electrons. The van der Waals surface area contributed by atoms with E-state index in [9.17, 15) is 19.2 Å². The third-order valence-corrected chi connectivity index (χ3v) is 2.06. The van der Waals surface area contributed by atoms with Crippen molar-refractivity contribution in [1.29, 1.82) is 0 Å². The highest BCUT2D eigenvalue weighted by Crippen LogP contribution is 1.87. The Morgan fingerprint density at radius 3 is 1.27 bits per heavy atom. The molecular formula is C12H22N2O8. The van der Waals surface area contributed by atoms with E-state index in [4.69, 9.17) is 21.7 Å². The summed E-state index contributed by atoms with van der Waals surface area (Å²) >= 11 is 0. The maximum atomic E-state index is 10.5. The lowest BCUT2D eigenvalue weighted by Crippen LogP contribution is -2.35. The first-order valence-corrected chi connectivity index (χ1v) is 6.43. The van der Waals surface area contributed by atoms with Gasteiger partial charge in [0.25, 0.3) is 0 Å². The Morgan fingerprint density at radius 2 is 1.09 bits per heavy atom. The highest BCUT2D eigenvalue weighted by Gasteiger charge is 2.13. The number of hydrogen-bond donors (Lipinski definition) is 4. The Labute approximate surface area is 127 Å². The zero-order valence-corrected chi connectivity index (χ0v) is 12.5. The maximum Gasteiger partial charge on any atom is 0.324 e. The molecule has 0 aliphatic heterocycles. The molecule has 0 amide bonds. The highest BCUT2D eigenvalue weighted by atomic mass is 16.5. The van der Waals surface area contributed by atoms with Crippen molar-refractivity contribution < 1.29 is 38.9 Å². The fourth-order valence-corrected chi connectivity index (χ4v) is 0.712. The second-order valence-electron chi connectivity index (χ2n) is 3.96. The SMILES string of the molecule is CCC(=O)OCC(N)C(=O)O.CCC(=O)OCC(N)C(=O)O. The molecule has 2 atom stereocenters. The number of ether oxygens (including phenoxy) is 2. The predicted molar refractivity (Wildman–Crippen MR) is 73.7 cm³/mol. The predicted octanol–water partition coefficient (Wildman–Crippen LogP) is -1.30. The van der Waals surface area contributed by atoms with Crippen molar-refractivity contribution in [1.82, 2.24) is 0 Å². The molecule has 0 aromatic carbocycles. The van der Waals surface area contributed by atoms with Crippen LogP contribution in [-0.2, 0) is 28.7 Å². The molecular weight excluding hydrogens is 300 g/mol. The van der Waals surface area contributed by atoms with Gasteiger partial charge >= 0.3 is 23.9 Å². The van der Waals surface area contributed by atoms with Gasteiger partial charge in [0.05, 0.1) is 0 Å². The second-order valence-corrected chi connectivity index (χ2v) is 3.96. The standard InChI is InChI=1S/2C6H11NO4/c2*1-2-5(8)11-3-4(7)6(9)10/h2*4H,2-3,7H2,1H3,(H,9,10). The van der Waals surface area contributed by atoms with Gasteiger partial charge < -0.3 is 31.2 Å². The summed E-state index contributed by atoms with van der Waals surface area (Å²) in [5, 5.41) is 16.5. The van der Waals surface area contributed by atoms with E-state index >= 15 is 0 Å². The Kier molecular flexibility index (Phi) is 12.6. The molecule has 2 unspecified atom stereocenters. The van der Waals surface area contributed by atoms with Gasteiger partial charge in [0.2, 0.25) is 0 Å². The summed E-state index contributed by atoms with van der Waals surface area (Å²) in [7, 11) is 0. The molecule has 0 aliphatic rings. The zero-order chi connectivity index (χ0) is 17.7. The van der Waals surface area contributed by atoms with Crippen LogP contribution < -0.4 is 11.5 Å². The molecule has 0 aromatic heterocycles. The fourth-order valence-electron chi connectivity index (χ4n) is 0.712. The van der Waals surface area contributed by atoms with Crippen LogP contribution in [0.1, 0.15) is 26.7 Å². The molecule has 6 N–H and O–H groups in total. The molecule has 10 heteroatoms. The summed E-state index contributed by atoms with van der Waals surface area (Å²) in [5.41, 5.74) is 10.1. The molecule has 0 rings (SSSR count). The lowest BCUT2D eigenvalue weighted by Gasteiger charge is -2.05. The topological polar surface area (TPSA) is 179 Å². The van der Waals surface area contributed by atoms with Gasteiger partial charge in [0.15, 0.2) is 0 Å². The lowest BCUT2D eigenvalue weighted by atomic mass is 10.3. The van der Waals surface area contributed by atoms with Crippen LogP contribution in [0.25, 0.3) is 0 Å². The first-order valence-electron chi connectivity index (χ1n) is 6.43. The third kappa shape index (κ3) is 12.8. The van der Waals surface area contributed by atoms with Gasteiger partial charge in [-0.3, -0.25) is 19.2 Å². The number of hydrogen-bond acceptors (Lipinski definition) is 8. The fraction of sp³-hybridized carbons (Fsp3) is 0.667. The number of esters is 2. The first-order chi connectivity index (χ1) is 10.1. The number of aliphatic carboxylic acids is 2. The largest absolute Gasteiger partial charge is 0.480 e. The summed E-state index contributed by atoms with van der Waals surface area (Å²) in [6.07, 6.45) is 0.457. The minimum Gasteiger partial charge on any atom is -0.480 e. The van der Waals surface area contributed by atoms with Gasteiger partial charge in [-0.05, 0) is 0 Å². The molecule has 22 heavy (non-hydrogen) atoms. The van der Waals surface area contributed by atoms with Crippen molar-refractivity contribution in [3.05, 3.63) is 0 Å². The summed E-state index contributed by atoms with van der Waals surface area (Å²) in [6.45, 7) is 2.72. The second kappa shape index (κ2) is 12.5. The van der Waals surface area contributed by atoms with Gasteiger partial charge in [-0.2, -0.15) is 0 Å². The van der Waals surface area contributed by atoms with Crippen LogP contribution in [0.3, 0.4) is 0 Å². The average Bonchev–Trinajstić information content (AvgIpc) is 2.49. The van der Waals surface area contributed by atoms with Crippen LogP contribution in [0.4, 0.5) is 0 Å². The van der Waals surface area contributed by atoms with E-state index in [0.29, 0.717) is 0 Å². The average molecular weight is 322 g/mol. The van der Waals surface area contributed by atoms with Crippen molar-refractivity contribution in [3.8, 4) is 0 Å². The Balaban J connectivity index is 0. The number of carbonyl (C=O) groups is 4. The van der Waals surface area contributed by atoms with Crippen LogP contribution in [0.5, 0.6) is 0 Å². The zero-order valence-electron chi connectivity index (χ0n) is 12.5. The van der Waals surface area contributed by atoms with E-state index in [1.54, 1.807) is 13.8 Å². The third-order valence-electron chi connectivity index (χ3n) is 2.06. The molecule has 10 nitrogen and oxygen atoms in total. The smallest absolute Gasteiger partial charge is 0.324 e. The number of rotatable bonds is 8.